The number of amides is 1. The average Bonchev–Trinajstić information content (AvgIpc) is 2.78. The Labute approximate surface area is 178 Å². The van der Waals surface area contributed by atoms with Crippen molar-refractivity contribution in [2.75, 3.05) is 47.4 Å². The zero-order valence-electron chi connectivity index (χ0n) is 17.7. The highest BCUT2D eigenvalue weighted by Crippen LogP contribution is 2.30. The number of hydrogen-bond acceptors (Lipinski definition) is 5. The van der Waals surface area contributed by atoms with Crippen LogP contribution in [0.4, 0.5) is 0 Å². The molecule has 162 valence electrons. The number of methoxy groups -OCH3 is 1. The molecule has 7 nitrogen and oxygen atoms in total. The highest BCUT2D eigenvalue weighted by molar-refractivity contribution is 7.89. The largest absolute Gasteiger partial charge is 0.497 e. The van der Waals surface area contributed by atoms with Gasteiger partial charge in [-0.05, 0) is 36.9 Å². The van der Waals surface area contributed by atoms with Crippen molar-refractivity contribution in [1.82, 2.24) is 14.1 Å². The quantitative estimate of drug-likeness (QED) is 0.672. The van der Waals surface area contributed by atoms with E-state index < -0.39 is 16.1 Å². The van der Waals surface area contributed by atoms with E-state index >= 15 is 0 Å². The normalized spacial score (nSPS) is 16.5. The number of ether oxygens (including phenoxy) is 1. The molecule has 8 heteroatoms. The van der Waals surface area contributed by atoms with Gasteiger partial charge in [0, 0.05) is 39.6 Å². The lowest BCUT2D eigenvalue weighted by Crippen LogP contribution is -2.48. The maximum atomic E-state index is 13.2. The summed E-state index contributed by atoms with van der Waals surface area (Å²) in [7, 11) is 1.38. The number of likely N-dealkylation sites (N-methyl/N-ethyl adjacent to an activating group) is 1. The van der Waals surface area contributed by atoms with Gasteiger partial charge in [-0.25, -0.2) is 8.42 Å². The summed E-state index contributed by atoms with van der Waals surface area (Å²) in [6, 6.07) is 14.9. The fourth-order valence-electron chi connectivity index (χ4n) is 3.56. The average molecular weight is 432 g/mol. The lowest BCUT2D eigenvalue weighted by Gasteiger charge is -2.34. The van der Waals surface area contributed by atoms with E-state index in [1.54, 1.807) is 49.6 Å². The summed E-state index contributed by atoms with van der Waals surface area (Å²) >= 11 is 0. The minimum Gasteiger partial charge on any atom is -0.497 e. The monoisotopic (exact) mass is 431 g/mol. The van der Waals surface area contributed by atoms with Gasteiger partial charge < -0.3 is 14.5 Å². The standard InChI is InChI=1S/C22H29N3O4S/c1-23-13-15-25(16-14-23)22(26)17-21(18-9-11-19(29-3)12-10-18)24(2)30(27,28)20-7-5-4-6-8-20/h4-12,21H,13-17H2,1-3H3/t21-/m1/s1. The van der Waals surface area contributed by atoms with Crippen molar-refractivity contribution in [3.63, 3.8) is 0 Å². The molecule has 3 rings (SSSR count). The third kappa shape index (κ3) is 5.00. The van der Waals surface area contributed by atoms with Gasteiger partial charge in [-0.2, -0.15) is 4.31 Å². The first-order chi connectivity index (χ1) is 14.3. The van der Waals surface area contributed by atoms with Crippen molar-refractivity contribution in [1.29, 1.82) is 0 Å². The van der Waals surface area contributed by atoms with Gasteiger partial charge in [0.15, 0.2) is 0 Å². The third-order valence-electron chi connectivity index (χ3n) is 5.58. The molecule has 2 aromatic rings. The molecule has 0 unspecified atom stereocenters. The van der Waals surface area contributed by atoms with Gasteiger partial charge in [0.2, 0.25) is 15.9 Å². The van der Waals surface area contributed by atoms with Crippen molar-refractivity contribution in [3.05, 3.63) is 60.2 Å². The van der Waals surface area contributed by atoms with Crippen LogP contribution in [0.15, 0.2) is 59.5 Å². The predicted molar refractivity (Wildman–Crippen MR) is 116 cm³/mol. The van der Waals surface area contributed by atoms with Gasteiger partial charge in [-0.15, -0.1) is 0 Å². The van der Waals surface area contributed by atoms with Crippen molar-refractivity contribution in [2.45, 2.75) is 17.4 Å². The number of benzene rings is 2. The molecule has 0 spiro atoms. The topological polar surface area (TPSA) is 70.2 Å². The van der Waals surface area contributed by atoms with Crippen LogP contribution < -0.4 is 4.74 Å². The van der Waals surface area contributed by atoms with Crippen LogP contribution in [0.2, 0.25) is 0 Å². The van der Waals surface area contributed by atoms with Gasteiger partial charge in [0.1, 0.15) is 5.75 Å². The van der Waals surface area contributed by atoms with E-state index in [0.29, 0.717) is 18.8 Å². The summed E-state index contributed by atoms with van der Waals surface area (Å²) in [5, 5.41) is 0. The maximum absolute atomic E-state index is 13.2. The fourth-order valence-corrected chi connectivity index (χ4v) is 4.92. The highest BCUT2D eigenvalue weighted by Gasteiger charge is 2.32. The molecule has 0 saturated carbocycles. The Morgan fingerprint density at radius 3 is 2.20 bits per heavy atom. The minimum atomic E-state index is -3.76. The molecule has 1 aliphatic heterocycles. The third-order valence-corrected chi connectivity index (χ3v) is 7.46. The molecule has 1 saturated heterocycles. The first kappa shape index (κ1) is 22.3. The zero-order chi connectivity index (χ0) is 21.7. The molecule has 0 radical (unpaired) electrons. The summed E-state index contributed by atoms with van der Waals surface area (Å²) in [4.78, 5) is 17.2. The van der Waals surface area contributed by atoms with E-state index in [-0.39, 0.29) is 17.2 Å². The van der Waals surface area contributed by atoms with Gasteiger partial charge in [-0.1, -0.05) is 30.3 Å². The van der Waals surface area contributed by atoms with Crippen molar-refractivity contribution in [3.8, 4) is 5.75 Å². The second-order valence-corrected chi connectivity index (χ2v) is 9.51. The van der Waals surface area contributed by atoms with Crippen LogP contribution in [0.25, 0.3) is 0 Å². The van der Waals surface area contributed by atoms with Gasteiger partial charge in [-0.3, -0.25) is 4.79 Å². The number of carbonyl (C=O) groups is 1. The molecule has 1 fully saturated rings. The Bertz CT molecular complexity index is 940. The van der Waals surface area contributed by atoms with E-state index in [0.717, 1.165) is 18.7 Å². The Morgan fingerprint density at radius 1 is 1.03 bits per heavy atom. The number of carbonyl (C=O) groups excluding carboxylic acids is 1. The molecular formula is C22H29N3O4S. The van der Waals surface area contributed by atoms with E-state index in [1.807, 2.05) is 24.1 Å². The van der Waals surface area contributed by atoms with Gasteiger partial charge >= 0.3 is 0 Å². The lowest BCUT2D eigenvalue weighted by atomic mass is 10.0. The fraction of sp³-hybridized carbons (Fsp3) is 0.409. The number of nitrogens with zero attached hydrogens (tertiary/aromatic N) is 3. The van der Waals surface area contributed by atoms with Crippen LogP contribution in [0.3, 0.4) is 0 Å². The predicted octanol–water partition coefficient (Wildman–Crippen LogP) is 2.22. The van der Waals surface area contributed by atoms with Crippen LogP contribution in [-0.2, 0) is 14.8 Å². The summed E-state index contributed by atoms with van der Waals surface area (Å²) in [6.07, 6.45) is 0.0820. The summed E-state index contributed by atoms with van der Waals surface area (Å²) in [6.45, 7) is 2.94. The van der Waals surface area contributed by atoms with E-state index in [2.05, 4.69) is 4.90 Å². The second-order valence-electron chi connectivity index (χ2n) is 7.51. The molecule has 0 N–H and O–H groups in total. The number of sulfonamides is 1. The molecule has 2 aromatic carbocycles. The summed E-state index contributed by atoms with van der Waals surface area (Å²) in [5.74, 6) is 0.635. The van der Waals surface area contributed by atoms with Crippen molar-refractivity contribution < 1.29 is 17.9 Å². The summed E-state index contributed by atoms with van der Waals surface area (Å²) in [5.41, 5.74) is 0.750. The van der Waals surface area contributed by atoms with Crippen LogP contribution >= 0.6 is 0 Å². The smallest absolute Gasteiger partial charge is 0.243 e. The number of rotatable bonds is 7. The second kappa shape index (κ2) is 9.59. The molecule has 1 aliphatic rings. The molecule has 30 heavy (non-hydrogen) atoms. The molecule has 0 bridgehead atoms. The Kier molecular flexibility index (Phi) is 7.12. The van der Waals surface area contributed by atoms with Crippen LogP contribution in [0, 0.1) is 0 Å². The van der Waals surface area contributed by atoms with Crippen molar-refractivity contribution in [2.24, 2.45) is 0 Å². The highest BCUT2D eigenvalue weighted by atomic mass is 32.2. The van der Waals surface area contributed by atoms with Gasteiger partial charge in [0.25, 0.3) is 0 Å². The molecular weight excluding hydrogens is 402 g/mol. The lowest BCUT2D eigenvalue weighted by molar-refractivity contribution is -0.133. The van der Waals surface area contributed by atoms with E-state index in [1.165, 1.54) is 11.4 Å². The van der Waals surface area contributed by atoms with Crippen LogP contribution in [0.5, 0.6) is 5.75 Å². The molecule has 1 amide bonds. The maximum Gasteiger partial charge on any atom is 0.243 e. The van der Waals surface area contributed by atoms with E-state index in [4.69, 9.17) is 4.74 Å². The first-order valence-corrected chi connectivity index (χ1v) is 11.4. The van der Waals surface area contributed by atoms with Crippen LogP contribution in [0.1, 0.15) is 18.0 Å². The Hall–Kier alpha value is -2.42. The Balaban J connectivity index is 1.89. The number of hydrogen-bond donors (Lipinski definition) is 0. The summed E-state index contributed by atoms with van der Waals surface area (Å²) < 4.78 is 33.0. The Morgan fingerprint density at radius 2 is 1.63 bits per heavy atom. The molecule has 0 aliphatic carbocycles. The molecule has 0 aromatic heterocycles. The molecule has 1 heterocycles. The number of piperazine rings is 1. The minimum absolute atomic E-state index is 0.0426. The SMILES string of the molecule is COc1ccc([C@@H](CC(=O)N2CCN(C)CC2)N(C)S(=O)(=O)c2ccccc2)cc1. The first-order valence-electron chi connectivity index (χ1n) is 9.96. The van der Waals surface area contributed by atoms with Crippen molar-refractivity contribution >= 4 is 15.9 Å². The zero-order valence-corrected chi connectivity index (χ0v) is 18.5. The van der Waals surface area contributed by atoms with E-state index in [9.17, 15) is 13.2 Å². The molecule has 1 atom stereocenters. The van der Waals surface area contributed by atoms with Crippen LogP contribution in [-0.4, -0.2) is 75.8 Å². The van der Waals surface area contributed by atoms with Gasteiger partial charge in [0.05, 0.1) is 18.0 Å².